The highest BCUT2D eigenvalue weighted by Gasteiger charge is 2.21. The molecule has 27 heavy (non-hydrogen) atoms. The number of para-hydroxylation sites is 1. The van der Waals surface area contributed by atoms with Gasteiger partial charge in [-0.15, -0.1) is 0 Å². The third kappa shape index (κ3) is 4.69. The molecule has 0 fully saturated rings. The van der Waals surface area contributed by atoms with Gasteiger partial charge < -0.3 is 24.6 Å². The first kappa shape index (κ1) is 18.6. The largest absolute Gasteiger partial charge is 0.496 e. The van der Waals surface area contributed by atoms with Crippen molar-refractivity contribution in [2.24, 2.45) is 5.92 Å². The molecule has 0 radical (unpaired) electrons. The second kappa shape index (κ2) is 8.44. The molecule has 1 atom stereocenters. The van der Waals surface area contributed by atoms with E-state index in [0.717, 1.165) is 11.1 Å². The van der Waals surface area contributed by atoms with E-state index < -0.39 is 11.9 Å². The van der Waals surface area contributed by atoms with Gasteiger partial charge in [0.25, 0.3) is 0 Å². The number of methoxy groups -OCH3 is 1. The number of hydrogen-bond acceptors (Lipinski definition) is 5. The number of rotatable bonds is 8. The Hall–Kier alpha value is -3.22. The monoisotopic (exact) mass is 371 g/mol. The lowest BCUT2D eigenvalue weighted by atomic mass is 9.98. The summed E-state index contributed by atoms with van der Waals surface area (Å²) in [7, 11) is 1.54. The molecule has 0 aliphatic carbocycles. The van der Waals surface area contributed by atoms with Crippen LogP contribution in [0.4, 0.5) is 0 Å². The third-order valence-electron chi connectivity index (χ3n) is 4.36. The van der Waals surface area contributed by atoms with Gasteiger partial charge in [0, 0.05) is 6.54 Å². The Morgan fingerprint density at radius 1 is 1.19 bits per heavy atom. The van der Waals surface area contributed by atoms with Crippen LogP contribution in [0, 0.1) is 5.92 Å². The van der Waals surface area contributed by atoms with E-state index in [1.165, 1.54) is 0 Å². The zero-order valence-electron chi connectivity index (χ0n) is 14.9. The van der Waals surface area contributed by atoms with E-state index in [1.807, 2.05) is 18.2 Å². The maximum Gasteiger partial charge on any atom is 0.308 e. The maximum atomic E-state index is 12.2. The first-order chi connectivity index (χ1) is 13.1. The number of ether oxygens (including phenoxy) is 3. The van der Waals surface area contributed by atoms with Crippen LogP contribution in [0.2, 0.25) is 0 Å². The van der Waals surface area contributed by atoms with Gasteiger partial charge in [-0.3, -0.25) is 9.59 Å². The molecular weight excluding hydrogens is 350 g/mol. The highest BCUT2D eigenvalue weighted by Crippen LogP contribution is 2.32. The molecule has 2 N–H and O–H groups in total. The van der Waals surface area contributed by atoms with Crippen molar-refractivity contribution in [3.8, 4) is 17.2 Å². The van der Waals surface area contributed by atoms with Gasteiger partial charge in [-0.2, -0.15) is 0 Å². The average Bonchev–Trinajstić information content (AvgIpc) is 3.13. The number of aliphatic carboxylic acids is 1. The fourth-order valence-electron chi connectivity index (χ4n) is 2.92. The van der Waals surface area contributed by atoms with Crippen LogP contribution in [0.1, 0.15) is 11.1 Å². The van der Waals surface area contributed by atoms with Crippen molar-refractivity contribution in [2.75, 3.05) is 20.4 Å². The molecule has 3 rings (SSSR count). The Morgan fingerprint density at radius 3 is 2.74 bits per heavy atom. The predicted molar refractivity (Wildman–Crippen MR) is 97.1 cm³/mol. The molecule has 1 aliphatic heterocycles. The normalized spacial score (nSPS) is 13.1. The van der Waals surface area contributed by atoms with Crippen LogP contribution in [-0.4, -0.2) is 37.4 Å². The van der Waals surface area contributed by atoms with Crippen molar-refractivity contribution >= 4 is 11.9 Å². The number of carboxylic acids is 1. The van der Waals surface area contributed by atoms with Gasteiger partial charge in [0.1, 0.15) is 5.75 Å². The second-order valence-corrected chi connectivity index (χ2v) is 6.22. The minimum atomic E-state index is -0.968. The van der Waals surface area contributed by atoms with E-state index in [2.05, 4.69) is 5.32 Å². The number of carboxylic acid groups (broad SMARTS) is 1. The van der Waals surface area contributed by atoms with Crippen LogP contribution < -0.4 is 19.5 Å². The summed E-state index contributed by atoms with van der Waals surface area (Å²) in [5.74, 6) is -0.0661. The van der Waals surface area contributed by atoms with Crippen molar-refractivity contribution in [1.29, 1.82) is 0 Å². The maximum absolute atomic E-state index is 12.2. The van der Waals surface area contributed by atoms with Crippen molar-refractivity contribution in [1.82, 2.24) is 5.32 Å². The number of benzene rings is 2. The molecule has 1 amide bonds. The molecule has 2 aromatic rings. The van der Waals surface area contributed by atoms with Gasteiger partial charge in [-0.1, -0.05) is 24.3 Å². The number of fused-ring (bicyclic) bond motifs is 1. The number of nitrogens with one attached hydrogen (secondary N) is 1. The van der Waals surface area contributed by atoms with Crippen LogP contribution in [0.3, 0.4) is 0 Å². The zero-order valence-corrected chi connectivity index (χ0v) is 14.9. The van der Waals surface area contributed by atoms with Crippen molar-refractivity contribution in [2.45, 2.75) is 12.8 Å². The molecule has 0 aromatic heterocycles. The summed E-state index contributed by atoms with van der Waals surface area (Å²) in [6.45, 7) is 0.213. The van der Waals surface area contributed by atoms with E-state index in [9.17, 15) is 14.7 Å². The Balaban J connectivity index is 1.57. The first-order valence-electron chi connectivity index (χ1n) is 8.56. The Labute approximate surface area is 156 Å². The molecule has 1 aliphatic rings. The van der Waals surface area contributed by atoms with Gasteiger partial charge in [0.15, 0.2) is 11.5 Å². The second-order valence-electron chi connectivity index (χ2n) is 6.22. The van der Waals surface area contributed by atoms with Gasteiger partial charge in [0.05, 0.1) is 19.4 Å². The van der Waals surface area contributed by atoms with E-state index in [4.69, 9.17) is 14.2 Å². The average molecular weight is 371 g/mol. The molecule has 7 heteroatoms. The summed E-state index contributed by atoms with van der Waals surface area (Å²) in [6.07, 6.45) is 0.404. The molecule has 1 unspecified atom stereocenters. The first-order valence-corrected chi connectivity index (χ1v) is 8.56. The SMILES string of the molecule is COc1ccccc1CC(CNC(=O)Cc1ccc2c(c1)OCO2)C(=O)O. The topological polar surface area (TPSA) is 94.1 Å². The highest BCUT2D eigenvalue weighted by molar-refractivity contribution is 5.80. The number of amides is 1. The minimum Gasteiger partial charge on any atom is -0.496 e. The van der Waals surface area contributed by atoms with Crippen LogP contribution in [0.15, 0.2) is 42.5 Å². The predicted octanol–water partition coefficient (Wildman–Crippen LogP) is 2.03. The summed E-state index contributed by atoms with van der Waals surface area (Å²) in [5.41, 5.74) is 1.56. The molecule has 7 nitrogen and oxygen atoms in total. The van der Waals surface area contributed by atoms with E-state index in [-0.39, 0.29) is 32.1 Å². The zero-order chi connectivity index (χ0) is 19.2. The molecule has 0 bridgehead atoms. The fraction of sp³-hybridized carbons (Fsp3) is 0.300. The van der Waals surface area contributed by atoms with E-state index in [0.29, 0.717) is 17.2 Å². The molecule has 0 spiro atoms. The Bertz CT molecular complexity index is 835. The van der Waals surface area contributed by atoms with E-state index >= 15 is 0 Å². The number of hydrogen-bond donors (Lipinski definition) is 2. The summed E-state index contributed by atoms with van der Waals surface area (Å²) < 4.78 is 15.8. The van der Waals surface area contributed by atoms with Crippen molar-refractivity contribution in [3.05, 3.63) is 53.6 Å². The van der Waals surface area contributed by atoms with Crippen LogP contribution >= 0.6 is 0 Å². The summed E-state index contributed by atoms with van der Waals surface area (Å²) >= 11 is 0. The molecular formula is C20H21NO6. The van der Waals surface area contributed by atoms with E-state index in [1.54, 1.807) is 31.4 Å². The van der Waals surface area contributed by atoms with Gasteiger partial charge in [0.2, 0.25) is 12.7 Å². The highest BCUT2D eigenvalue weighted by atomic mass is 16.7. The molecule has 1 heterocycles. The standard InChI is InChI=1S/C20H21NO6/c1-25-16-5-3-2-4-14(16)10-15(20(23)24)11-21-19(22)9-13-6-7-17-18(8-13)27-12-26-17/h2-8,15H,9-12H2,1H3,(H,21,22)(H,23,24). The Morgan fingerprint density at radius 2 is 1.96 bits per heavy atom. The van der Waals surface area contributed by atoms with Crippen molar-refractivity contribution < 1.29 is 28.9 Å². The molecule has 2 aromatic carbocycles. The lowest BCUT2D eigenvalue weighted by molar-refractivity contribution is -0.141. The molecule has 0 saturated carbocycles. The number of carbonyl (C=O) groups is 2. The molecule has 142 valence electrons. The van der Waals surface area contributed by atoms with Gasteiger partial charge in [-0.05, 0) is 35.7 Å². The smallest absolute Gasteiger partial charge is 0.308 e. The van der Waals surface area contributed by atoms with Crippen LogP contribution in [0.5, 0.6) is 17.2 Å². The van der Waals surface area contributed by atoms with Gasteiger partial charge >= 0.3 is 5.97 Å². The lowest BCUT2D eigenvalue weighted by Gasteiger charge is -2.15. The van der Waals surface area contributed by atoms with Crippen LogP contribution in [-0.2, 0) is 22.4 Å². The number of carbonyl (C=O) groups excluding carboxylic acids is 1. The lowest BCUT2D eigenvalue weighted by Crippen LogP contribution is -2.35. The third-order valence-corrected chi connectivity index (χ3v) is 4.36. The fourth-order valence-corrected chi connectivity index (χ4v) is 2.92. The minimum absolute atomic E-state index is 0.0385. The van der Waals surface area contributed by atoms with Crippen molar-refractivity contribution in [3.63, 3.8) is 0 Å². The summed E-state index contributed by atoms with van der Waals surface area (Å²) in [6, 6.07) is 12.6. The summed E-state index contributed by atoms with van der Waals surface area (Å²) in [5, 5.41) is 12.2. The molecule has 0 saturated heterocycles. The summed E-state index contributed by atoms with van der Waals surface area (Å²) in [4.78, 5) is 23.8. The van der Waals surface area contributed by atoms with Gasteiger partial charge in [-0.25, -0.2) is 0 Å². The quantitative estimate of drug-likeness (QED) is 0.737. The van der Waals surface area contributed by atoms with Crippen LogP contribution in [0.25, 0.3) is 0 Å². The Kier molecular flexibility index (Phi) is 5.80.